The predicted octanol–water partition coefficient (Wildman–Crippen LogP) is 4.05. The number of benzene rings is 1. The summed E-state index contributed by atoms with van der Waals surface area (Å²) in [6.07, 6.45) is 0.962. The number of aryl methyl sites for hydroxylation is 2. The SMILES string of the molecule is Cc1ccc2[nH]c(-c3cccs3)c(CCC(=O)OCC(=O)N(C)CCC#N)c2c1. The molecule has 0 bridgehead atoms. The number of H-pyrrole nitrogens is 1. The van der Waals surface area contributed by atoms with Gasteiger partial charge in [-0.2, -0.15) is 5.26 Å². The second kappa shape index (κ2) is 9.39. The second-order valence-electron chi connectivity index (χ2n) is 6.89. The molecular formula is C22H23N3O3S. The van der Waals surface area contributed by atoms with Crippen molar-refractivity contribution in [3.05, 3.63) is 46.8 Å². The van der Waals surface area contributed by atoms with E-state index >= 15 is 0 Å². The van der Waals surface area contributed by atoms with Crippen LogP contribution >= 0.6 is 11.3 Å². The van der Waals surface area contributed by atoms with Gasteiger partial charge in [0.25, 0.3) is 5.91 Å². The molecule has 1 aromatic carbocycles. The van der Waals surface area contributed by atoms with Crippen LogP contribution in [0, 0.1) is 18.3 Å². The van der Waals surface area contributed by atoms with Crippen molar-refractivity contribution in [2.45, 2.75) is 26.2 Å². The van der Waals surface area contributed by atoms with E-state index in [2.05, 4.69) is 29.2 Å². The molecule has 0 unspecified atom stereocenters. The van der Waals surface area contributed by atoms with Crippen molar-refractivity contribution in [1.29, 1.82) is 5.26 Å². The maximum Gasteiger partial charge on any atom is 0.306 e. The minimum atomic E-state index is -0.411. The average Bonchev–Trinajstić information content (AvgIpc) is 3.36. The highest BCUT2D eigenvalue weighted by atomic mass is 32.1. The van der Waals surface area contributed by atoms with Gasteiger partial charge in [0.1, 0.15) is 0 Å². The number of esters is 1. The van der Waals surface area contributed by atoms with Gasteiger partial charge in [-0.1, -0.05) is 17.7 Å². The van der Waals surface area contributed by atoms with Crippen LogP contribution in [0.1, 0.15) is 24.0 Å². The van der Waals surface area contributed by atoms with Gasteiger partial charge in [0.2, 0.25) is 0 Å². The zero-order chi connectivity index (χ0) is 20.8. The quantitative estimate of drug-likeness (QED) is 0.569. The van der Waals surface area contributed by atoms with Gasteiger partial charge in [0.05, 0.1) is 23.1 Å². The molecule has 1 amide bonds. The van der Waals surface area contributed by atoms with Crippen molar-refractivity contribution < 1.29 is 14.3 Å². The van der Waals surface area contributed by atoms with Crippen LogP contribution in [-0.2, 0) is 20.7 Å². The molecule has 0 saturated heterocycles. The number of carbonyl (C=O) groups excluding carboxylic acids is 2. The van der Waals surface area contributed by atoms with Crippen LogP contribution in [0.4, 0.5) is 0 Å². The summed E-state index contributed by atoms with van der Waals surface area (Å²) >= 11 is 1.65. The van der Waals surface area contributed by atoms with E-state index in [0.29, 0.717) is 13.0 Å². The highest BCUT2D eigenvalue weighted by molar-refractivity contribution is 7.13. The van der Waals surface area contributed by atoms with E-state index in [0.717, 1.165) is 32.6 Å². The molecule has 0 aliphatic carbocycles. The topological polar surface area (TPSA) is 86.2 Å². The lowest BCUT2D eigenvalue weighted by atomic mass is 10.0. The van der Waals surface area contributed by atoms with Crippen LogP contribution < -0.4 is 0 Å². The molecule has 150 valence electrons. The van der Waals surface area contributed by atoms with Crippen LogP contribution in [0.25, 0.3) is 21.5 Å². The Morgan fingerprint density at radius 1 is 1.31 bits per heavy atom. The van der Waals surface area contributed by atoms with Crippen LogP contribution in [0.15, 0.2) is 35.7 Å². The number of hydrogen-bond acceptors (Lipinski definition) is 5. The lowest BCUT2D eigenvalue weighted by molar-refractivity contribution is -0.151. The Morgan fingerprint density at radius 2 is 2.14 bits per heavy atom. The van der Waals surface area contributed by atoms with E-state index in [1.165, 1.54) is 4.90 Å². The monoisotopic (exact) mass is 409 g/mol. The Hall–Kier alpha value is -3.11. The number of rotatable bonds is 8. The zero-order valence-electron chi connectivity index (χ0n) is 16.5. The summed E-state index contributed by atoms with van der Waals surface area (Å²) in [6, 6.07) is 12.3. The standard InChI is InChI=1S/C22H23N3O3S/c1-15-6-8-18-17(13-15)16(22(24-18)19-5-3-12-29-19)7-9-21(27)28-14-20(26)25(2)11-4-10-23/h3,5-6,8,12-13,24H,4,7,9,11,14H2,1-2H3. The molecule has 2 heterocycles. The number of aromatic nitrogens is 1. The molecule has 3 rings (SSSR count). The van der Waals surface area contributed by atoms with Crippen molar-refractivity contribution in [3.8, 4) is 16.6 Å². The first kappa shape index (κ1) is 20.6. The maximum absolute atomic E-state index is 12.2. The van der Waals surface area contributed by atoms with Gasteiger partial charge < -0.3 is 14.6 Å². The Kier molecular flexibility index (Phi) is 6.68. The fraction of sp³-hybridized carbons (Fsp3) is 0.318. The summed E-state index contributed by atoms with van der Waals surface area (Å²) in [5, 5.41) is 11.7. The number of amides is 1. The number of nitrogens with zero attached hydrogens (tertiary/aromatic N) is 2. The number of nitriles is 1. The molecule has 6 nitrogen and oxygen atoms in total. The highest BCUT2D eigenvalue weighted by Crippen LogP contribution is 2.34. The van der Waals surface area contributed by atoms with Crippen molar-refractivity contribution in [2.24, 2.45) is 0 Å². The highest BCUT2D eigenvalue weighted by Gasteiger charge is 2.17. The molecule has 0 aliphatic heterocycles. The largest absolute Gasteiger partial charge is 0.456 e. The minimum absolute atomic E-state index is 0.189. The normalized spacial score (nSPS) is 10.7. The van der Waals surface area contributed by atoms with E-state index in [1.54, 1.807) is 18.4 Å². The molecule has 0 saturated carbocycles. The van der Waals surface area contributed by atoms with Crippen molar-refractivity contribution in [3.63, 3.8) is 0 Å². The second-order valence-corrected chi connectivity index (χ2v) is 7.84. The number of nitrogens with one attached hydrogen (secondary N) is 1. The predicted molar refractivity (Wildman–Crippen MR) is 113 cm³/mol. The molecule has 0 radical (unpaired) electrons. The van der Waals surface area contributed by atoms with Gasteiger partial charge in [-0.15, -0.1) is 11.3 Å². The fourth-order valence-corrected chi connectivity index (χ4v) is 3.90. The van der Waals surface area contributed by atoms with Gasteiger partial charge in [-0.05, 0) is 42.5 Å². The zero-order valence-corrected chi connectivity index (χ0v) is 17.3. The molecule has 1 N–H and O–H groups in total. The van der Waals surface area contributed by atoms with Crippen LogP contribution in [-0.4, -0.2) is 42.0 Å². The molecule has 3 aromatic rings. The maximum atomic E-state index is 12.2. The van der Waals surface area contributed by atoms with Gasteiger partial charge in [0, 0.05) is 30.9 Å². The molecule has 0 atom stereocenters. The van der Waals surface area contributed by atoms with Gasteiger partial charge in [-0.25, -0.2) is 0 Å². The number of fused-ring (bicyclic) bond motifs is 1. The summed E-state index contributed by atoms with van der Waals surface area (Å²) in [5.74, 6) is -0.721. The number of hydrogen-bond donors (Lipinski definition) is 1. The third-order valence-corrected chi connectivity index (χ3v) is 5.64. The Bertz CT molecular complexity index is 1050. The number of ether oxygens (including phenoxy) is 1. The molecule has 29 heavy (non-hydrogen) atoms. The lowest BCUT2D eigenvalue weighted by Gasteiger charge is -2.15. The molecule has 0 spiro atoms. The Labute approximate surface area is 173 Å². The average molecular weight is 410 g/mol. The first-order valence-electron chi connectivity index (χ1n) is 9.41. The summed E-state index contributed by atoms with van der Waals surface area (Å²) in [6.45, 7) is 2.07. The molecular weight excluding hydrogens is 386 g/mol. The van der Waals surface area contributed by atoms with Gasteiger partial charge in [-0.3, -0.25) is 9.59 Å². The first-order chi connectivity index (χ1) is 14.0. The molecule has 0 aliphatic rings. The van der Waals surface area contributed by atoms with Crippen molar-refractivity contribution >= 4 is 34.1 Å². The number of carbonyl (C=O) groups is 2. The third-order valence-electron chi connectivity index (χ3n) is 4.75. The van der Waals surface area contributed by atoms with Crippen molar-refractivity contribution in [2.75, 3.05) is 20.2 Å². The minimum Gasteiger partial charge on any atom is -0.456 e. The van der Waals surface area contributed by atoms with E-state index in [4.69, 9.17) is 10.00 Å². The van der Waals surface area contributed by atoms with Gasteiger partial charge in [0.15, 0.2) is 6.61 Å². The summed E-state index contributed by atoms with van der Waals surface area (Å²) in [7, 11) is 1.59. The van der Waals surface area contributed by atoms with Crippen LogP contribution in [0.5, 0.6) is 0 Å². The van der Waals surface area contributed by atoms with Gasteiger partial charge >= 0.3 is 5.97 Å². The first-order valence-corrected chi connectivity index (χ1v) is 10.3. The van der Waals surface area contributed by atoms with E-state index < -0.39 is 5.97 Å². The molecule has 0 fully saturated rings. The Morgan fingerprint density at radius 3 is 2.86 bits per heavy atom. The lowest BCUT2D eigenvalue weighted by Crippen LogP contribution is -2.31. The van der Waals surface area contributed by atoms with E-state index in [9.17, 15) is 9.59 Å². The molecule has 7 heteroatoms. The number of likely N-dealkylation sites (N-methyl/N-ethyl adjacent to an activating group) is 1. The number of aromatic amines is 1. The summed E-state index contributed by atoms with van der Waals surface area (Å²) in [4.78, 5) is 30.2. The van der Waals surface area contributed by atoms with E-state index in [-0.39, 0.29) is 25.4 Å². The summed E-state index contributed by atoms with van der Waals surface area (Å²) < 4.78 is 5.15. The van der Waals surface area contributed by atoms with E-state index in [1.807, 2.05) is 24.4 Å². The Balaban J connectivity index is 1.68. The fourth-order valence-electron chi connectivity index (χ4n) is 3.15. The van der Waals surface area contributed by atoms with Crippen LogP contribution in [0.2, 0.25) is 0 Å². The van der Waals surface area contributed by atoms with Crippen LogP contribution in [0.3, 0.4) is 0 Å². The smallest absolute Gasteiger partial charge is 0.306 e. The molecule has 2 aromatic heterocycles. The number of thiophene rings is 1. The van der Waals surface area contributed by atoms with Crippen molar-refractivity contribution in [1.82, 2.24) is 9.88 Å². The summed E-state index contributed by atoms with van der Waals surface area (Å²) in [5.41, 5.74) is 4.31. The third kappa shape index (κ3) is 5.04.